The molecule has 4 rings (SSSR count). The molecule has 5 nitrogen and oxygen atoms in total. The number of aromatic nitrogens is 2. The average molecular weight is 346 g/mol. The Morgan fingerprint density at radius 2 is 1.65 bits per heavy atom. The Morgan fingerprint density at radius 1 is 0.962 bits per heavy atom. The highest BCUT2D eigenvalue weighted by atomic mass is 16.5. The van der Waals surface area contributed by atoms with E-state index in [4.69, 9.17) is 9.72 Å². The minimum absolute atomic E-state index is 0.416. The minimum atomic E-state index is 0.416. The predicted octanol–water partition coefficient (Wildman–Crippen LogP) is 3.82. The number of rotatable bonds is 5. The third-order valence-corrected chi connectivity index (χ3v) is 4.49. The molecule has 0 N–H and O–H groups in total. The number of anilines is 3. The van der Waals surface area contributed by atoms with E-state index in [-0.39, 0.29) is 0 Å². The van der Waals surface area contributed by atoms with Crippen LogP contribution in [0.25, 0.3) is 0 Å². The smallest absolute Gasteiger partial charge is 0.320 e. The second-order valence-electron chi connectivity index (χ2n) is 6.54. The molecule has 0 fully saturated rings. The second-order valence-corrected chi connectivity index (χ2v) is 6.54. The molecule has 0 unspecified atom stereocenters. The topological polar surface area (TPSA) is 41.5 Å². The van der Waals surface area contributed by atoms with Gasteiger partial charge in [-0.25, -0.2) is 0 Å². The molecular formula is C21H22N4O. The third-order valence-electron chi connectivity index (χ3n) is 4.49. The summed E-state index contributed by atoms with van der Waals surface area (Å²) in [6, 6.07) is 20.8. The zero-order valence-corrected chi connectivity index (χ0v) is 15.1. The zero-order valence-electron chi connectivity index (χ0n) is 15.1. The molecule has 1 aromatic heterocycles. The Labute approximate surface area is 153 Å². The van der Waals surface area contributed by atoms with Crippen molar-refractivity contribution in [2.24, 2.45) is 0 Å². The van der Waals surface area contributed by atoms with Crippen molar-refractivity contribution >= 4 is 17.3 Å². The fraction of sp³-hybridized carbons (Fsp3) is 0.238. The molecule has 0 amide bonds. The molecule has 0 aliphatic carbocycles. The lowest BCUT2D eigenvalue weighted by atomic mass is 10.2. The van der Waals surface area contributed by atoms with Crippen LogP contribution in [0.5, 0.6) is 6.01 Å². The third kappa shape index (κ3) is 3.20. The van der Waals surface area contributed by atoms with Crippen molar-refractivity contribution < 1.29 is 4.74 Å². The lowest BCUT2D eigenvalue weighted by Crippen LogP contribution is -2.16. The van der Waals surface area contributed by atoms with Crippen LogP contribution in [0.1, 0.15) is 11.1 Å². The van der Waals surface area contributed by atoms with Crippen LogP contribution in [-0.2, 0) is 13.0 Å². The summed E-state index contributed by atoms with van der Waals surface area (Å²) in [5, 5.41) is 0. The summed E-state index contributed by atoms with van der Waals surface area (Å²) in [5.74, 6) is 1.87. The first kappa shape index (κ1) is 16.4. The van der Waals surface area contributed by atoms with E-state index in [1.54, 1.807) is 0 Å². The lowest BCUT2D eigenvalue weighted by Gasteiger charge is -2.21. The summed E-state index contributed by atoms with van der Waals surface area (Å²) in [5.41, 5.74) is 3.41. The van der Waals surface area contributed by atoms with Gasteiger partial charge in [-0.1, -0.05) is 48.5 Å². The lowest BCUT2D eigenvalue weighted by molar-refractivity contribution is 0.281. The minimum Gasteiger partial charge on any atom is -0.458 e. The van der Waals surface area contributed by atoms with Gasteiger partial charge in [-0.15, -0.1) is 0 Å². The SMILES string of the molecule is CN(C)c1nc(OCc2ccccc2)nc2c1CCN2c1ccccc1. The number of ether oxygens (including phenoxy) is 1. The van der Waals surface area contributed by atoms with E-state index < -0.39 is 0 Å². The van der Waals surface area contributed by atoms with Crippen LogP contribution < -0.4 is 14.5 Å². The van der Waals surface area contributed by atoms with Crippen LogP contribution in [0, 0.1) is 0 Å². The molecule has 3 aromatic rings. The molecule has 0 saturated carbocycles. The van der Waals surface area contributed by atoms with Crippen molar-refractivity contribution in [3.63, 3.8) is 0 Å². The molecule has 0 atom stereocenters. The van der Waals surface area contributed by atoms with E-state index in [1.165, 1.54) is 5.56 Å². The molecule has 26 heavy (non-hydrogen) atoms. The highest BCUT2D eigenvalue weighted by Crippen LogP contribution is 2.38. The van der Waals surface area contributed by atoms with Gasteiger partial charge in [0.15, 0.2) is 0 Å². The first-order valence-corrected chi connectivity index (χ1v) is 8.80. The second kappa shape index (κ2) is 7.04. The van der Waals surface area contributed by atoms with Crippen molar-refractivity contribution in [2.45, 2.75) is 13.0 Å². The Kier molecular flexibility index (Phi) is 4.44. The monoisotopic (exact) mass is 346 g/mol. The Hall–Kier alpha value is -3.08. The van der Waals surface area contributed by atoms with E-state index in [1.807, 2.05) is 67.5 Å². The average Bonchev–Trinajstić information content (AvgIpc) is 3.11. The van der Waals surface area contributed by atoms with Crippen LogP contribution in [0.4, 0.5) is 17.3 Å². The van der Waals surface area contributed by atoms with Crippen LogP contribution in [0.2, 0.25) is 0 Å². The van der Waals surface area contributed by atoms with Crippen molar-refractivity contribution in [1.82, 2.24) is 9.97 Å². The fourth-order valence-corrected chi connectivity index (χ4v) is 3.23. The molecule has 1 aliphatic heterocycles. The molecular weight excluding hydrogens is 324 g/mol. The zero-order chi connectivity index (χ0) is 17.9. The van der Waals surface area contributed by atoms with Crippen LogP contribution in [0.3, 0.4) is 0 Å². The summed E-state index contributed by atoms with van der Waals surface area (Å²) in [4.78, 5) is 13.7. The molecule has 1 aliphatic rings. The van der Waals surface area contributed by atoms with Crippen LogP contribution in [0.15, 0.2) is 60.7 Å². The number of hydrogen-bond donors (Lipinski definition) is 0. The standard InChI is InChI=1S/C21H22N4O/c1-24(2)19-18-13-14-25(17-11-7-4-8-12-17)20(18)23-21(22-19)26-15-16-9-5-3-6-10-16/h3-12H,13-15H2,1-2H3. The summed E-state index contributed by atoms with van der Waals surface area (Å²) in [6.07, 6.45) is 0.927. The summed E-state index contributed by atoms with van der Waals surface area (Å²) in [6.45, 7) is 1.36. The van der Waals surface area contributed by atoms with Gasteiger partial charge in [-0.05, 0) is 24.1 Å². The van der Waals surface area contributed by atoms with Gasteiger partial charge >= 0.3 is 6.01 Å². The molecule has 2 heterocycles. The van der Waals surface area contributed by atoms with Gasteiger partial charge in [-0.3, -0.25) is 0 Å². The quantitative estimate of drug-likeness (QED) is 0.702. The van der Waals surface area contributed by atoms with Crippen molar-refractivity contribution in [1.29, 1.82) is 0 Å². The van der Waals surface area contributed by atoms with E-state index in [2.05, 4.69) is 22.0 Å². The van der Waals surface area contributed by atoms with Crippen LogP contribution in [-0.4, -0.2) is 30.6 Å². The largest absolute Gasteiger partial charge is 0.458 e. The molecule has 0 spiro atoms. The van der Waals surface area contributed by atoms with E-state index in [0.717, 1.165) is 35.9 Å². The first-order valence-electron chi connectivity index (χ1n) is 8.80. The van der Waals surface area contributed by atoms with Crippen LogP contribution >= 0.6 is 0 Å². The maximum atomic E-state index is 5.92. The van der Waals surface area contributed by atoms with E-state index >= 15 is 0 Å². The molecule has 0 radical (unpaired) electrons. The molecule has 5 heteroatoms. The predicted molar refractivity (Wildman–Crippen MR) is 104 cm³/mol. The molecule has 2 aromatic carbocycles. The van der Waals surface area contributed by atoms with Crippen molar-refractivity contribution in [3.8, 4) is 6.01 Å². The van der Waals surface area contributed by atoms with Gasteiger partial charge in [0.05, 0.1) is 0 Å². The van der Waals surface area contributed by atoms with Crippen molar-refractivity contribution in [3.05, 3.63) is 71.8 Å². The van der Waals surface area contributed by atoms with Gasteiger partial charge in [0.2, 0.25) is 0 Å². The van der Waals surface area contributed by atoms with Gasteiger partial charge < -0.3 is 14.5 Å². The van der Waals surface area contributed by atoms with E-state index in [0.29, 0.717) is 12.6 Å². The highest BCUT2D eigenvalue weighted by Gasteiger charge is 2.28. The molecule has 0 bridgehead atoms. The highest BCUT2D eigenvalue weighted by molar-refractivity contribution is 5.71. The number of fused-ring (bicyclic) bond motifs is 1. The summed E-state index contributed by atoms with van der Waals surface area (Å²) < 4.78 is 5.92. The fourth-order valence-electron chi connectivity index (χ4n) is 3.23. The van der Waals surface area contributed by atoms with Gasteiger partial charge in [0, 0.05) is 31.9 Å². The first-order chi connectivity index (χ1) is 12.7. The maximum absolute atomic E-state index is 5.92. The Balaban J connectivity index is 1.67. The Bertz CT molecular complexity index is 881. The van der Waals surface area contributed by atoms with Gasteiger partial charge in [0.25, 0.3) is 0 Å². The molecule has 132 valence electrons. The van der Waals surface area contributed by atoms with Crippen molar-refractivity contribution in [2.75, 3.05) is 30.4 Å². The number of hydrogen-bond acceptors (Lipinski definition) is 5. The van der Waals surface area contributed by atoms with Gasteiger partial charge in [-0.2, -0.15) is 9.97 Å². The molecule has 0 saturated heterocycles. The van der Waals surface area contributed by atoms with Gasteiger partial charge in [0.1, 0.15) is 18.2 Å². The number of benzene rings is 2. The number of para-hydroxylation sites is 1. The van der Waals surface area contributed by atoms with E-state index in [9.17, 15) is 0 Å². The summed E-state index contributed by atoms with van der Waals surface area (Å²) in [7, 11) is 4.02. The Morgan fingerprint density at radius 3 is 2.35 bits per heavy atom. The number of nitrogens with zero attached hydrogens (tertiary/aromatic N) is 4. The maximum Gasteiger partial charge on any atom is 0.320 e. The summed E-state index contributed by atoms with van der Waals surface area (Å²) >= 11 is 0. The normalized spacial score (nSPS) is 12.8.